The minimum atomic E-state index is -3.07. The van der Waals surface area contributed by atoms with Crippen molar-refractivity contribution < 1.29 is 22.7 Å². The lowest BCUT2D eigenvalue weighted by Gasteiger charge is -2.20. The summed E-state index contributed by atoms with van der Waals surface area (Å²) in [7, 11) is 0.0651. The highest BCUT2D eigenvalue weighted by atomic mass is 32.2. The van der Waals surface area contributed by atoms with Crippen LogP contribution in [0.3, 0.4) is 0 Å². The molecule has 128 valence electrons. The lowest BCUT2D eigenvalue weighted by atomic mass is 10.00. The number of sulfone groups is 1. The van der Waals surface area contributed by atoms with Gasteiger partial charge < -0.3 is 14.8 Å². The maximum absolute atomic E-state index is 12.3. The Balaban J connectivity index is 2.14. The monoisotopic (exact) mass is 341 g/mol. The third-order valence-corrected chi connectivity index (χ3v) is 5.97. The summed E-state index contributed by atoms with van der Waals surface area (Å²) in [6.45, 7) is 3.80. The molecule has 0 radical (unpaired) electrons. The number of methoxy groups -OCH3 is 2. The Bertz CT molecular complexity index is 699. The SMILES string of the molecule is COc1cc(C)c([C@@H](C)NC(=O)[C@@H]2CCS(=O)(=O)C2)cc1OC. The first-order valence-electron chi connectivity index (χ1n) is 7.50. The summed E-state index contributed by atoms with van der Waals surface area (Å²) in [5, 5.41) is 2.91. The molecule has 1 aromatic rings. The molecule has 1 amide bonds. The first kappa shape index (κ1) is 17.6. The van der Waals surface area contributed by atoms with E-state index in [0.717, 1.165) is 11.1 Å². The first-order chi connectivity index (χ1) is 10.8. The number of benzene rings is 1. The van der Waals surface area contributed by atoms with Crippen LogP contribution in [0.15, 0.2) is 12.1 Å². The van der Waals surface area contributed by atoms with Gasteiger partial charge in [0.15, 0.2) is 21.3 Å². The molecule has 2 atom stereocenters. The number of hydrogen-bond donors (Lipinski definition) is 1. The summed E-state index contributed by atoms with van der Waals surface area (Å²) in [6, 6.07) is 3.45. The fourth-order valence-electron chi connectivity index (χ4n) is 2.87. The molecule has 0 aromatic heterocycles. The number of rotatable bonds is 5. The molecule has 0 spiro atoms. The van der Waals surface area contributed by atoms with Crippen LogP contribution in [0, 0.1) is 12.8 Å². The molecular weight excluding hydrogens is 318 g/mol. The summed E-state index contributed by atoms with van der Waals surface area (Å²) < 4.78 is 33.6. The van der Waals surface area contributed by atoms with Crippen molar-refractivity contribution in [2.45, 2.75) is 26.3 Å². The van der Waals surface area contributed by atoms with Crippen LogP contribution in [0.25, 0.3) is 0 Å². The summed E-state index contributed by atoms with van der Waals surface area (Å²) in [6.07, 6.45) is 0.395. The molecule has 0 saturated carbocycles. The maximum atomic E-state index is 12.3. The number of nitrogens with one attached hydrogen (secondary N) is 1. The Morgan fingerprint density at radius 1 is 1.26 bits per heavy atom. The fourth-order valence-corrected chi connectivity index (χ4v) is 4.62. The number of hydrogen-bond acceptors (Lipinski definition) is 5. The average Bonchev–Trinajstić information content (AvgIpc) is 2.86. The van der Waals surface area contributed by atoms with Crippen LogP contribution >= 0.6 is 0 Å². The van der Waals surface area contributed by atoms with Crippen molar-refractivity contribution >= 4 is 15.7 Å². The van der Waals surface area contributed by atoms with E-state index in [9.17, 15) is 13.2 Å². The summed E-state index contributed by atoms with van der Waals surface area (Å²) in [5.74, 6) is 0.591. The van der Waals surface area contributed by atoms with Gasteiger partial charge in [0.25, 0.3) is 0 Å². The second kappa shape index (κ2) is 6.78. The molecule has 1 aromatic carbocycles. The summed E-state index contributed by atoms with van der Waals surface area (Å²) in [4.78, 5) is 12.3. The average molecular weight is 341 g/mol. The molecule has 1 fully saturated rings. The Kier molecular flexibility index (Phi) is 5.19. The first-order valence-corrected chi connectivity index (χ1v) is 9.33. The third kappa shape index (κ3) is 3.96. The normalized spacial score (nSPS) is 20.8. The number of ether oxygens (including phenoxy) is 2. The predicted molar refractivity (Wildman–Crippen MR) is 87.6 cm³/mol. The molecule has 0 bridgehead atoms. The predicted octanol–water partition coefficient (Wildman–Crippen LogP) is 1.62. The van der Waals surface area contributed by atoms with E-state index >= 15 is 0 Å². The van der Waals surface area contributed by atoms with Crippen LogP contribution in [-0.4, -0.2) is 40.1 Å². The van der Waals surface area contributed by atoms with Gasteiger partial charge in [-0.15, -0.1) is 0 Å². The van der Waals surface area contributed by atoms with E-state index in [1.807, 2.05) is 26.0 Å². The Labute approximate surface area is 137 Å². The van der Waals surface area contributed by atoms with Crippen LogP contribution < -0.4 is 14.8 Å². The summed E-state index contributed by atoms with van der Waals surface area (Å²) in [5.41, 5.74) is 1.88. The molecule has 0 aliphatic carbocycles. The van der Waals surface area contributed by atoms with Crippen molar-refractivity contribution in [1.82, 2.24) is 5.32 Å². The van der Waals surface area contributed by atoms with Gasteiger partial charge in [-0.1, -0.05) is 0 Å². The van der Waals surface area contributed by atoms with E-state index in [4.69, 9.17) is 9.47 Å². The molecule has 0 unspecified atom stereocenters. The number of carbonyl (C=O) groups is 1. The smallest absolute Gasteiger partial charge is 0.224 e. The van der Waals surface area contributed by atoms with Gasteiger partial charge in [-0.2, -0.15) is 0 Å². The van der Waals surface area contributed by atoms with Crippen molar-refractivity contribution in [2.75, 3.05) is 25.7 Å². The van der Waals surface area contributed by atoms with Crippen LogP contribution in [0.4, 0.5) is 0 Å². The van der Waals surface area contributed by atoms with Gasteiger partial charge in [-0.25, -0.2) is 8.42 Å². The van der Waals surface area contributed by atoms with Crippen LogP contribution in [0.1, 0.15) is 30.5 Å². The molecule has 1 saturated heterocycles. The van der Waals surface area contributed by atoms with Gasteiger partial charge in [0.1, 0.15) is 0 Å². The zero-order valence-corrected chi connectivity index (χ0v) is 14.7. The lowest BCUT2D eigenvalue weighted by Crippen LogP contribution is -2.33. The van der Waals surface area contributed by atoms with Crippen molar-refractivity contribution in [1.29, 1.82) is 0 Å². The maximum Gasteiger partial charge on any atom is 0.224 e. The van der Waals surface area contributed by atoms with Crippen molar-refractivity contribution in [3.63, 3.8) is 0 Å². The fraction of sp³-hybridized carbons (Fsp3) is 0.562. The van der Waals surface area contributed by atoms with Gasteiger partial charge in [-0.05, 0) is 43.5 Å². The van der Waals surface area contributed by atoms with E-state index in [0.29, 0.717) is 17.9 Å². The third-order valence-electron chi connectivity index (χ3n) is 4.20. The quantitative estimate of drug-likeness (QED) is 0.880. The number of amides is 1. The second-order valence-electron chi connectivity index (χ2n) is 5.89. The topological polar surface area (TPSA) is 81.7 Å². The van der Waals surface area contributed by atoms with Gasteiger partial charge in [0.2, 0.25) is 5.91 Å². The Morgan fingerprint density at radius 2 is 1.87 bits per heavy atom. The Morgan fingerprint density at radius 3 is 2.39 bits per heavy atom. The minimum Gasteiger partial charge on any atom is -0.493 e. The van der Waals surface area contributed by atoms with Gasteiger partial charge >= 0.3 is 0 Å². The van der Waals surface area contributed by atoms with Crippen LogP contribution in [0.5, 0.6) is 11.5 Å². The van der Waals surface area contributed by atoms with Crippen molar-refractivity contribution in [3.05, 3.63) is 23.3 Å². The van der Waals surface area contributed by atoms with E-state index in [2.05, 4.69) is 5.32 Å². The number of aryl methyl sites for hydroxylation is 1. The zero-order chi connectivity index (χ0) is 17.2. The van der Waals surface area contributed by atoms with E-state index in [1.54, 1.807) is 14.2 Å². The van der Waals surface area contributed by atoms with Crippen molar-refractivity contribution in [2.24, 2.45) is 5.92 Å². The highest BCUT2D eigenvalue weighted by Crippen LogP contribution is 2.33. The van der Waals surface area contributed by atoms with Crippen LogP contribution in [0.2, 0.25) is 0 Å². The molecule has 1 aliphatic rings. The van der Waals surface area contributed by atoms with E-state index < -0.39 is 15.8 Å². The van der Waals surface area contributed by atoms with Gasteiger partial charge in [-0.3, -0.25) is 4.79 Å². The molecule has 23 heavy (non-hydrogen) atoms. The van der Waals surface area contributed by atoms with Crippen LogP contribution in [-0.2, 0) is 14.6 Å². The highest BCUT2D eigenvalue weighted by Gasteiger charge is 2.33. The molecule has 2 rings (SSSR count). The van der Waals surface area contributed by atoms with Gasteiger partial charge in [0.05, 0.1) is 37.7 Å². The van der Waals surface area contributed by atoms with E-state index in [1.165, 1.54) is 0 Å². The lowest BCUT2D eigenvalue weighted by molar-refractivity contribution is -0.124. The minimum absolute atomic E-state index is 0.0591. The Hall–Kier alpha value is -1.76. The molecular formula is C16H23NO5S. The molecule has 6 nitrogen and oxygen atoms in total. The summed E-state index contributed by atoms with van der Waals surface area (Å²) >= 11 is 0. The highest BCUT2D eigenvalue weighted by molar-refractivity contribution is 7.91. The van der Waals surface area contributed by atoms with Gasteiger partial charge in [0, 0.05) is 0 Å². The van der Waals surface area contributed by atoms with E-state index in [-0.39, 0.29) is 23.5 Å². The number of carbonyl (C=O) groups excluding carboxylic acids is 1. The molecule has 1 aliphatic heterocycles. The molecule has 1 N–H and O–H groups in total. The largest absolute Gasteiger partial charge is 0.493 e. The zero-order valence-electron chi connectivity index (χ0n) is 13.9. The molecule has 1 heterocycles. The molecule has 7 heteroatoms. The second-order valence-corrected chi connectivity index (χ2v) is 8.12. The standard InChI is InChI=1S/C16H23NO5S/c1-10-7-14(21-3)15(22-4)8-13(10)11(2)17-16(18)12-5-6-23(19,20)9-12/h7-8,11-12H,5-6,9H2,1-4H3,(H,17,18)/t11-,12-/m1/s1. The van der Waals surface area contributed by atoms with Crippen molar-refractivity contribution in [3.8, 4) is 11.5 Å².